The molecule has 0 saturated carbocycles. The number of nitro groups is 1. The van der Waals surface area contributed by atoms with Gasteiger partial charge in [0.1, 0.15) is 0 Å². The standard InChI is InChI=1S/C9H11NO6S/c1-16-5-4-7-6-8(10(11)12)2-3-9(7)17(13,14)15/h2-3,6H,4-5H2,1H3,(H,13,14,15). The largest absolute Gasteiger partial charge is 0.384 e. The quantitative estimate of drug-likeness (QED) is 0.482. The lowest BCUT2D eigenvalue weighted by Crippen LogP contribution is -2.06. The fraction of sp³-hybridized carbons (Fsp3) is 0.333. The van der Waals surface area contributed by atoms with E-state index >= 15 is 0 Å². The van der Waals surface area contributed by atoms with Gasteiger partial charge in [-0.2, -0.15) is 8.42 Å². The van der Waals surface area contributed by atoms with Crippen molar-refractivity contribution in [3.05, 3.63) is 33.9 Å². The topological polar surface area (TPSA) is 107 Å². The number of nitro benzene ring substituents is 1. The van der Waals surface area contributed by atoms with Gasteiger partial charge >= 0.3 is 0 Å². The van der Waals surface area contributed by atoms with Gasteiger partial charge in [0, 0.05) is 19.2 Å². The molecule has 0 saturated heterocycles. The molecule has 0 aliphatic rings. The van der Waals surface area contributed by atoms with E-state index in [9.17, 15) is 18.5 Å². The lowest BCUT2D eigenvalue weighted by molar-refractivity contribution is -0.385. The Morgan fingerprint density at radius 3 is 2.59 bits per heavy atom. The Labute approximate surface area is 97.9 Å². The zero-order valence-electron chi connectivity index (χ0n) is 8.99. The molecule has 1 aromatic rings. The Bertz CT molecular complexity index is 524. The maximum atomic E-state index is 11.0. The maximum Gasteiger partial charge on any atom is 0.294 e. The van der Waals surface area contributed by atoms with E-state index < -0.39 is 15.0 Å². The van der Waals surface area contributed by atoms with Crippen molar-refractivity contribution in [2.45, 2.75) is 11.3 Å². The first-order valence-corrected chi connectivity index (χ1v) is 6.04. The van der Waals surface area contributed by atoms with E-state index in [2.05, 4.69) is 0 Å². The van der Waals surface area contributed by atoms with Gasteiger partial charge in [0.15, 0.2) is 0 Å². The molecule has 1 rings (SSSR count). The van der Waals surface area contributed by atoms with Crippen LogP contribution in [-0.2, 0) is 21.3 Å². The lowest BCUT2D eigenvalue weighted by Gasteiger charge is -2.06. The average Bonchev–Trinajstić information content (AvgIpc) is 2.24. The van der Waals surface area contributed by atoms with E-state index in [0.717, 1.165) is 18.2 Å². The third kappa shape index (κ3) is 3.48. The minimum Gasteiger partial charge on any atom is -0.384 e. The number of hydrogen-bond donors (Lipinski definition) is 1. The maximum absolute atomic E-state index is 11.0. The van der Waals surface area contributed by atoms with Crippen molar-refractivity contribution in [2.75, 3.05) is 13.7 Å². The molecule has 0 fully saturated rings. The molecular weight excluding hydrogens is 250 g/mol. The molecule has 0 unspecified atom stereocenters. The smallest absolute Gasteiger partial charge is 0.294 e. The molecule has 0 aliphatic heterocycles. The number of methoxy groups -OCH3 is 1. The predicted molar refractivity (Wildman–Crippen MR) is 58.5 cm³/mol. The molecule has 1 aromatic carbocycles. The molecule has 0 aromatic heterocycles. The Balaban J connectivity index is 3.26. The van der Waals surface area contributed by atoms with Crippen LogP contribution in [0.1, 0.15) is 5.56 Å². The average molecular weight is 261 g/mol. The van der Waals surface area contributed by atoms with Crippen LogP contribution in [0, 0.1) is 10.1 Å². The third-order valence-corrected chi connectivity index (χ3v) is 3.06. The molecule has 0 aliphatic carbocycles. The molecule has 7 nitrogen and oxygen atoms in total. The highest BCUT2D eigenvalue weighted by molar-refractivity contribution is 7.85. The first-order valence-electron chi connectivity index (χ1n) is 4.60. The van der Waals surface area contributed by atoms with Gasteiger partial charge in [-0.25, -0.2) is 0 Å². The van der Waals surface area contributed by atoms with Crippen LogP contribution in [0.15, 0.2) is 23.1 Å². The fourth-order valence-corrected chi connectivity index (χ4v) is 2.07. The van der Waals surface area contributed by atoms with Gasteiger partial charge in [-0.15, -0.1) is 0 Å². The zero-order chi connectivity index (χ0) is 13.1. The number of hydrogen-bond acceptors (Lipinski definition) is 5. The third-order valence-electron chi connectivity index (χ3n) is 2.11. The van der Waals surface area contributed by atoms with E-state index in [1.807, 2.05) is 0 Å². The lowest BCUT2D eigenvalue weighted by atomic mass is 10.1. The summed E-state index contributed by atoms with van der Waals surface area (Å²) in [5.41, 5.74) is -0.0768. The summed E-state index contributed by atoms with van der Waals surface area (Å²) in [5.74, 6) is 0. The van der Waals surface area contributed by atoms with Gasteiger partial charge in [-0.05, 0) is 18.1 Å². The van der Waals surface area contributed by atoms with Crippen molar-refractivity contribution in [1.82, 2.24) is 0 Å². The summed E-state index contributed by atoms with van der Waals surface area (Å²) < 4.78 is 35.8. The number of nitrogens with zero attached hydrogens (tertiary/aromatic N) is 1. The molecule has 1 N–H and O–H groups in total. The molecule has 0 amide bonds. The minimum absolute atomic E-state index is 0.156. The zero-order valence-corrected chi connectivity index (χ0v) is 9.81. The fourth-order valence-electron chi connectivity index (χ4n) is 1.34. The summed E-state index contributed by atoms with van der Waals surface area (Å²) in [7, 11) is -2.96. The van der Waals surface area contributed by atoms with E-state index in [1.165, 1.54) is 7.11 Å². The van der Waals surface area contributed by atoms with Gasteiger partial charge in [0.2, 0.25) is 0 Å². The van der Waals surface area contributed by atoms with Crippen LogP contribution in [-0.4, -0.2) is 31.6 Å². The van der Waals surface area contributed by atoms with Gasteiger partial charge in [0.25, 0.3) is 15.8 Å². The van der Waals surface area contributed by atoms with Crippen molar-refractivity contribution in [2.24, 2.45) is 0 Å². The number of rotatable bonds is 5. The van der Waals surface area contributed by atoms with Crippen LogP contribution < -0.4 is 0 Å². The Morgan fingerprint density at radius 2 is 2.12 bits per heavy atom. The van der Waals surface area contributed by atoms with E-state index in [0.29, 0.717) is 0 Å². The summed E-state index contributed by atoms with van der Waals surface area (Å²) in [5, 5.41) is 10.6. The van der Waals surface area contributed by atoms with E-state index in [4.69, 9.17) is 9.29 Å². The van der Waals surface area contributed by atoms with Gasteiger partial charge < -0.3 is 4.74 Å². The summed E-state index contributed by atoms with van der Waals surface area (Å²) >= 11 is 0. The molecule has 0 radical (unpaired) electrons. The SMILES string of the molecule is COCCc1cc([N+](=O)[O-])ccc1S(=O)(=O)O. The summed E-state index contributed by atoms with van der Waals surface area (Å²) in [6.45, 7) is 0.198. The Hall–Kier alpha value is -1.51. The van der Waals surface area contributed by atoms with Crippen LogP contribution in [0.25, 0.3) is 0 Å². The van der Waals surface area contributed by atoms with Crippen molar-refractivity contribution in [3.8, 4) is 0 Å². The van der Waals surface area contributed by atoms with Crippen molar-refractivity contribution < 1.29 is 22.6 Å². The second kappa shape index (κ2) is 5.21. The van der Waals surface area contributed by atoms with Gasteiger partial charge in [-0.1, -0.05) is 0 Å². The van der Waals surface area contributed by atoms with Gasteiger partial charge in [-0.3, -0.25) is 14.7 Å². The second-order valence-corrected chi connectivity index (χ2v) is 4.66. The Kier molecular flexibility index (Phi) is 4.16. The first-order chi connectivity index (χ1) is 7.86. The number of non-ortho nitro benzene ring substituents is 1. The van der Waals surface area contributed by atoms with Crippen LogP contribution in [0.2, 0.25) is 0 Å². The first kappa shape index (κ1) is 13.6. The van der Waals surface area contributed by atoms with Crippen molar-refractivity contribution in [1.29, 1.82) is 0 Å². The molecule has 0 heterocycles. The van der Waals surface area contributed by atoms with Gasteiger partial charge in [0.05, 0.1) is 16.4 Å². The minimum atomic E-state index is -4.38. The highest BCUT2D eigenvalue weighted by Crippen LogP contribution is 2.22. The molecule has 8 heteroatoms. The summed E-state index contributed by atoms with van der Waals surface area (Å²) in [4.78, 5) is 9.58. The van der Waals surface area contributed by atoms with E-state index in [-0.39, 0.29) is 29.2 Å². The molecule has 0 bridgehead atoms. The summed E-state index contributed by atoms with van der Waals surface area (Å²) in [6, 6.07) is 3.15. The highest BCUT2D eigenvalue weighted by Gasteiger charge is 2.18. The van der Waals surface area contributed by atoms with Crippen LogP contribution in [0.3, 0.4) is 0 Å². The van der Waals surface area contributed by atoms with E-state index in [1.54, 1.807) is 0 Å². The van der Waals surface area contributed by atoms with Crippen LogP contribution in [0.5, 0.6) is 0 Å². The van der Waals surface area contributed by atoms with Crippen LogP contribution in [0.4, 0.5) is 5.69 Å². The molecule has 0 spiro atoms. The molecular formula is C9H11NO6S. The van der Waals surface area contributed by atoms with Crippen molar-refractivity contribution in [3.63, 3.8) is 0 Å². The number of benzene rings is 1. The van der Waals surface area contributed by atoms with Crippen molar-refractivity contribution >= 4 is 15.8 Å². The summed E-state index contributed by atoms with van der Waals surface area (Å²) in [6.07, 6.45) is 0.160. The monoisotopic (exact) mass is 261 g/mol. The predicted octanol–water partition coefficient (Wildman–Crippen LogP) is 1.03. The molecule has 0 atom stereocenters. The molecule has 94 valence electrons. The van der Waals surface area contributed by atoms with Crippen LogP contribution >= 0.6 is 0 Å². The normalized spacial score (nSPS) is 11.4. The number of ether oxygens (including phenoxy) is 1. The Morgan fingerprint density at radius 1 is 1.47 bits per heavy atom. The molecule has 17 heavy (non-hydrogen) atoms. The highest BCUT2D eigenvalue weighted by atomic mass is 32.2. The second-order valence-electron chi connectivity index (χ2n) is 3.27.